The number of hydrogen-bond acceptors (Lipinski definition) is 1. The van der Waals surface area contributed by atoms with Crippen LogP contribution in [0.2, 0.25) is 5.02 Å². The second kappa shape index (κ2) is 3.54. The zero-order valence-corrected chi connectivity index (χ0v) is 8.65. The summed E-state index contributed by atoms with van der Waals surface area (Å²) in [6.07, 6.45) is 0. The highest BCUT2D eigenvalue weighted by atomic mass is 35.5. The maximum atomic E-state index is 12.7. The van der Waals surface area contributed by atoms with Gasteiger partial charge in [-0.1, -0.05) is 11.6 Å². The van der Waals surface area contributed by atoms with Crippen molar-refractivity contribution in [1.29, 1.82) is 0 Å². The molecule has 1 rings (SSSR count). The molecule has 0 aromatic heterocycles. The van der Waals surface area contributed by atoms with Gasteiger partial charge in [0.2, 0.25) is 0 Å². The van der Waals surface area contributed by atoms with Gasteiger partial charge in [-0.2, -0.15) is 0 Å². The summed E-state index contributed by atoms with van der Waals surface area (Å²) in [5.41, 5.74) is -0.291. The molecule has 3 heteroatoms. The van der Waals surface area contributed by atoms with E-state index >= 15 is 0 Å². The van der Waals surface area contributed by atoms with Gasteiger partial charge >= 0.3 is 0 Å². The monoisotopic (exact) mass is 202 g/mol. The van der Waals surface area contributed by atoms with Crippen LogP contribution in [0.25, 0.3) is 0 Å². The number of halogens is 2. The lowest BCUT2D eigenvalue weighted by molar-refractivity contribution is 0.131. The quantitative estimate of drug-likeness (QED) is 0.676. The average Bonchev–Trinajstić information content (AvgIpc) is 1.94. The Morgan fingerprint density at radius 1 is 1.31 bits per heavy atom. The molecule has 0 saturated carbocycles. The van der Waals surface area contributed by atoms with Gasteiger partial charge < -0.3 is 4.74 Å². The fraction of sp³-hybridized carbons (Fsp3) is 0.400. The molecular formula is C10H12ClFO. The number of hydrogen-bond donors (Lipinski definition) is 0. The van der Waals surface area contributed by atoms with Gasteiger partial charge in [0, 0.05) is 6.07 Å². The van der Waals surface area contributed by atoms with Gasteiger partial charge in [-0.05, 0) is 32.9 Å². The Hall–Kier alpha value is -0.760. The van der Waals surface area contributed by atoms with Crippen molar-refractivity contribution >= 4 is 11.6 Å². The minimum absolute atomic E-state index is 0.0850. The summed E-state index contributed by atoms with van der Waals surface area (Å²) in [5, 5.41) is 0.0850. The minimum atomic E-state index is -0.428. The zero-order valence-electron chi connectivity index (χ0n) is 7.90. The standard InChI is InChI=1S/C10H12ClFO/c1-10(2,3)13-7-4-5-9(12)8(11)6-7/h4-6H,1-3H3. The first-order valence-corrected chi connectivity index (χ1v) is 4.40. The second-order valence-corrected chi connectivity index (χ2v) is 4.20. The van der Waals surface area contributed by atoms with Crippen molar-refractivity contribution in [3.05, 3.63) is 29.0 Å². The molecule has 0 fully saturated rings. The molecule has 13 heavy (non-hydrogen) atoms. The van der Waals surface area contributed by atoms with Crippen LogP contribution in [-0.2, 0) is 0 Å². The third kappa shape index (κ3) is 3.23. The van der Waals surface area contributed by atoms with E-state index in [4.69, 9.17) is 16.3 Å². The second-order valence-electron chi connectivity index (χ2n) is 3.79. The molecule has 72 valence electrons. The van der Waals surface area contributed by atoms with E-state index < -0.39 is 5.82 Å². The van der Waals surface area contributed by atoms with Crippen LogP contribution < -0.4 is 4.74 Å². The summed E-state index contributed by atoms with van der Waals surface area (Å²) < 4.78 is 18.2. The molecule has 0 amide bonds. The Morgan fingerprint density at radius 2 is 1.92 bits per heavy atom. The Labute approximate surface area is 82.5 Å². The largest absolute Gasteiger partial charge is 0.488 e. The van der Waals surface area contributed by atoms with E-state index in [2.05, 4.69) is 0 Å². The predicted octanol–water partition coefficient (Wildman–Crippen LogP) is 3.66. The lowest BCUT2D eigenvalue weighted by Crippen LogP contribution is -2.22. The summed E-state index contributed by atoms with van der Waals surface area (Å²) in [6.45, 7) is 5.76. The molecule has 1 nitrogen and oxygen atoms in total. The van der Waals surface area contributed by atoms with Gasteiger partial charge in [0.25, 0.3) is 0 Å². The van der Waals surface area contributed by atoms with Crippen molar-refractivity contribution < 1.29 is 9.13 Å². The number of rotatable bonds is 1. The van der Waals surface area contributed by atoms with Gasteiger partial charge in [-0.15, -0.1) is 0 Å². The van der Waals surface area contributed by atoms with Gasteiger partial charge in [0.15, 0.2) is 0 Å². The van der Waals surface area contributed by atoms with Crippen molar-refractivity contribution in [2.24, 2.45) is 0 Å². The number of benzene rings is 1. The molecule has 0 saturated heterocycles. The van der Waals surface area contributed by atoms with Gasteiger partial charge in [-0.25, -0.2) is 4.39 Å². The van der Waals surface area contributed by atoms with Crippen LogP contribution in [0.5, 0.6) is 5.75 Å². The topological polar surface area (TPSA) is 9.23 Å². The SMILES string of the molecule is CC(C)(C)Oc1ccc(F)c(Cl)c1. The molecule has 0 spiro atoms. The highest BCUT2D eigenvalue weighted by Crippen LogP contribution is 2.24. The maximum absolute atomic E-state index is 12.7. The Balaban J connectivity index is 2.86. The van der Waals surface area contributed by atoms with Crippen molar-refractivity contribution in [3.63, 3.8) is 0 Å². The molecule has 0 radical (unpaired) electrons. The zero-order chi connectivity index (χ0) is 10.1. The maximum Gasteiger partial charge on any atom is 0.142 e. The first-order valence-electron chi connectivity index (χ1n) is 4.02. The van der Waals surface area contributed by atoms with E-state index in [1.165, 1.54) is 12.1 Å². The van der Waals surface area contributed by atoms with Crippen LogP contribution in [0.1, 0.15) is 20.8 Å². The highest BCUT2D eigenvalue weighted by molar-refractivity contribution is 6.30. The van der Waals surface area contributed by atoms with Crippen LogP contribution in [0.4, 0.5) is 4.39 Å². The van der Waals surface area contributed by atoms with Gasteiger partial charge in [0.05, 0.1) is 5.02 Å². The van der Waals surface area contributed by atoms with Crippen LogP contribution in [0, 0.1) is 5.82 Å². The van der Waals surface area contributed by atoms with E-state index in [1.807, 2.05) is 20.8 Å². The summed E-state index contributed by atoms with van der Waals surface area (Å²) >= 11 is 5.59. The fourth-order valence-corrected chi connectivity index (χ4v) is 1.06. The average molecular weight is 203 g/mol. The molecule has 0 atom stereocenters. The molecule has 0 N–H and O–H groups in total. The molecule has 0 bridgehead atoms. The molecular weight excluding hydrogens is 191 g/mol. The third-order valence-corrected chi connectivity index (χ3v) is 1.60. The van der Waals surface area contributed by atoms with Gasteiger partial charge in [0.1, 0.15) is 17.2 Å². The van der Waals surface area contributed by atoms with Crippen LogP contribution in [0.15, 0.2) is 18.2 Å². The summed E-state index contributed by atoms with van der Waals surface area (Å²) in [6, 6.07) is 4.33. The molecule has 0 unspecified atom stereocenters. The molecule has 0 aliphatic rings. The number of ether oxygens (including phenoxy) is 1. The Bertz CT molecular complexity index is 304. The minimum Gasteiger partial charge on any atom is -0.488 e. The lowest BCUT2D eigenvalue weighted by Gasteiger charge is -2.21. The van der Waals surface area contributed by atoms with Crippen molar-refractivity contribution in [1.82, 2.24) is 0 Å². The lowest BCUT2D eigenvalue weighted by atomic mass is 10.2. The van der Waals surface area contributed by atoms with Crippen LogP contribution in [-0.4, -0.2) is 5.60 Å². The predicted molar refractivity (Wildman–Crippen MR) is 51.8 cm³/mol. The van der Waals surface area contributed by atoms with E-state index in [9.17, 15) is 4.39 Å². The molecule has 0 aliphatic heterocycles. The third-order valence-electron chi connectivity index (χ3n) is 1.32. The summed E-state index contributed by atoms with van der Waals surface area (Å²) in [5.74, 6) is 0.154. The molecule has 0 aliphatic carbocycles. The summed E-state index contributed by atoms with van der Waals surface area (Å²) in [7, 11) is 0. The van der Waals surface area contributed by atoms with E-state index in [1.54, 1.807) is 6.07 Å². The van der Waals surface area contributed by atoms with Crippen LogP contribution >= 0.6 is 11.6 Å². The Morgan fingerprint density at radius 3 is 2.38 bits per heavy atom. The molecule has 1 aromatic carbocycles. The van der Waals surface area contributed by atoms with Crippen molar-refractivity contribution in [2.75, 3.05) is 0 Å². The highest BCUT2D eigenvalue weighted by Gasteiger charge is 2.12. The Kier molecular flexibility index (Phi) is 2.81. The first-order chi connectivity index (χ1) is 5.88. The van der Waals surface area contributed by atoms with E-state index in [0.717, 1.165) is 0 Å². The fourth-order valence-electron chi connectivity index (χ4n) is 0.894. The van der Waals surface area contributed by atoms with Crippen molar-refractivity contribution in [3.8, 4) is 5.75 Å². The van der Waals surface area contributed by atoms with Gasteiger partial charge in [-0.3, -0.25) is 0 Å². The van der Waals surface area contributed by atoms with Crippen molar-refractivity contribution in [2.45, 2.75) is 26.4 Å². The van der Waals surface area contributed by atoms with E-state index in [0.29, 0.717) is 5.75 Å². The first kappa shape index (κ1) is 10.3. The normalized spacial score (nSPS) is 11.5. The van der Waals surface area contributed by atoms with Crippen LogP contribution in [0.3, 0.4) is 0 Å². The molecule has 0 heterocycles. The van der Waals surface area contributed by atoms with E-state index in [-0.39, 0.29) is 10.6 Å². The smallest absolute Gasteiger partial charge is 0.142 e. The molecule has 1 aromatic rings. The summed E-state index contributed by atoms with van der Waals surface area (Å²) in [4.78, 5) is 0.